The molecule has 1 aliphatic heterocycles. The van der Waals surface area contributed by atoms with Crippen molar-refractivity contribution >= 4 is 5.97 Å². The summed E-state index contributed by atoms with van der Waals surface area (Å²) in [6.45, 7) is 27.4. The summed E-state index contributed by atoms with van der Waals surface area (Å²) in [5, 5.41) is 35.4. The molecule has 5 rings (SSSR count). The highest BCUT2D eigenvalue weighted by molar-refractivity contribution is 5.71. The van der Waals surface area contributed by atoms with Gasteiger partial charge in [0.15, 0.2) is 0 Å². The van der Waals surface area contributed by atoms with Gasteiger partial charge in [-0.1, -0.05) is 107 Å². The van der Waals surface area contributed by atoms with E-state index < -0.39 is 5.97 Å². The van der Waals surface area contributed by atoms with Gasteiger partial charge in [-0.2, -0.15) is 0 Å². The van der Waals surface area contributed by atoms with Gasteiger partial charge in [0.1, 0.15) is 23.0 Å². The lowest BCUT2D eigenvalue weighted by Gasteiger charge is -2.26. The number of phenolic OH excluding ortho intramolecular Hbond substituents is 3. The van der Waals surface area contributed by atoms with Crippen LogP contribution in [0.1, 0.15) is 157 Å². The Hall–Kier alpha value is -4.33. The first kappa shape index (κ1) is 41.8. The molecule has 0 saturated heterocycles. The van der Waals surface area contributed by atoms with Gasteiger partial charge in [0.25, 0.3) is 0 Å². The Kier molecular flexibility index (Phi) is 11.6. The number of hydrogen-bond donors (Lipinski definition) is 3. The van der Waals surface area contributed by atoms with Crippen molar-refractivity contribution in [2.24, 2.45) is 0 Å². The number of carbonyl (C=O) groups is 1. The zero-order chi connectivity index (χ0) is 40.8. The van der Waals surface area contributed by atoms with Crippen LogP contribution in [-0.4, -0.2) is 21.3 Å². The van der Waals surface area contributed by atoms with E-state index in [0.29, 0.717) is 44.7 Å². The minimum Gasteiger partial charge on any atom is -0.507 e. The molecule has 296 valence electrons. The van der Waals surface area contributed by atoms with E-state index in [1.165, 1.54) is 6.92 Å². The standard InChI is InChI=1S/C48H62O7/c1-28(49)55-44-32-15-31-18-39(47(8,9)10)21-34(43(31)52)25-53-24-33-20-37(45(2,3)4)16-29(41(33)50)14-30-17-38(46(5,6)7)22-35(42(30)51)26-54-27-36(44)23-40(19-32)48(11,12)13/h16-23,50-52H,14-15,24-27H2,1-13H3. The molecular formula is C48H62O7. The minimum atomic E-state index is -0.455. The molecule has 8 bridgehead atoms. The first-order chi connectivity index (χ1) is 25.3. The summed E-state index contributed by atoms with van der Waals surface area (Å²) in [6, 6.07) is 16.1. The van der Waals surface area contributed by atoms with Crippen LogP contribution < -0.4 is 4.74 Å². The molecular weight excluding hydrogens is 689 g/mol. The number of esters is 1. The molecule has 0 amide bonds. The highest BCUT2D eigenvalue weighted by Gasteiger charge is 2.27. The summed E-state index contributed by atoms with van der Waals surface area (Å²) in [4.78, 5) is 12.6. The smallest absolute Gasteiger partial charge is 0.308 e. The van der Waals surface area contributed by atoms with Crippen LogP contribution in [0.5, 0.6) is 23.0 Å². The van der Waals surface area contributed by atoms with E-state index in [2.05, 4.69) is 89.2 Å². The summed E-state index contributed by atoms with van der Waals surface area (Å²) >= 11 is 0. The van der Waals surface area contributed by atoms with E-state index in [9.17, 15) is 20.1 Å². The SMILES string of the molecule is CC(=O)Oc1c2cc(C(C)(C)C)cc1Cc1cc(C(C)(C)C)cc(c1O)COCc1cc(C(C)(C)C)cc(c1O)Cc1cc(C(C)(C)C)cc(c1O)COC2. The number of fused-ring (bicyclic) bond motifs is 8. The van der Waals surface area contributed by atoms with Crippen LogP contribution in [0.15, 0.2) is 48.5 Å². The van der Waals surface area contributed by atoms with Crippen LogP contribution in [-0.2, 0) is 75.2 Å². The zero-order valence-electron chi connectivity index (χ0n) is 35.3. The molecule has 0 aromatic heterocycles. The van der Waals surface area contributed by atoms with Crippen molar-refractivity contribution < 1.29 is 34.3 Å². The molecule has 7 nitrogen and oxygen atoms in total. The summed E-state index contributed by atoms with van der Waals surface area (Å²) in [7, 11) is 0. The second kappa shape index (κ2) is 15.3. The molecule has 7 heteroatoms. The first-order valence-corrected chi connectivity index (χ1v) is 19.4. The van der Waals surface area contributed by atoms with Crippen LogP contribution in [0.4, 0.5) is 0 Å². The number of rotatable bonds is 1. The molecule has 55 heavy (non-hydrogen) atoms. The van der Waals surface area contributed by atoms with Gasteiger partial charge in [-0.15, -0.1) is 0 Å². The van der Waals surface area contributed by atoms with Gasteiger partial charge in [-0.05, 0) is 84.9 Å². The average molecular weight is 751 g/mol. The van der Waals surface area contributed by atoms with E-state index >= 15 is 0 Å². The fourth-order valence-corrected chi connectivity index (χ4v) is 6.97. The molecule has 0 aliphatic carbocycles. The monoisotopic (exact) mass is 750 g/mol. The Bertz CT molecular complexity index is 2080. The topological polar surface area (TPSA) is 105 Å². The van der Waals surface area contributed by atoms with Crippen molar-refractivity contribution in [3.63, 3.8) is 0 Å². The van der Waals surface area contributed by atoms with Crippen molar-refractivity contribution in [1.29, 1.82) is 0 Å². The minimum absolute atomic E-state index is 0.0994. The van der Waals surface area contributed by atoms with Gasteiger partial charge in [-0.25, -0.2) is 0 Å². The van der Waals surface area contributed by atoms with Gasteiger partial charge >= 0.3 is 5.97 Å². The van der Waals surface area contributed by atoms with E-state index in [0.717, 1.165) is 27.8 Å². The maximum Gasteiger partial charge on any atom is 0.308 e. The van der Waals surface area contributed by atoms with Crippen molar-refractivity contribution in [3.8, 4) is 23.0 Å². The molecule has 4 aromatic rings. The zero-order valence-corrected chi connectivity index (χ0v) is 35.3. The van der Waals surface area contributed by atoms with E-state index in [-0.39, 0.29) is 78.2 Å². The first-order valence-electron chi connectivity index (χ1n) is 19.4. The highest BCUT2D eigenvalue weighted by atomic mass is 16.5. The molecule has 0 radical (unpaired) electrons. The van der Waals surface area contributed by atoms with E-state index in [4.69, 9.17) is 14.2 Å². The maximum absolute atomic E-state index is 12.6. The van der Waals surface area contributed by atoms with Gasteiger partial charge < -0.3 is 29.5 Å². The number of aromatic hydroxyl groups is 3. The quantitative estimate of drug-likeness (QED) is 0.131. The lowest BCUT2D eigenvalue weighted by atomic mass is 9.82. The summed E-state index contributed by atoms with van der Waals surface area (Å²) in [5.41, 5.74) is 8.59. The Morgan fingerprint density at radius 1 is 0.455 bits per heavy atom. The van der Waals surface area contributed by atoms with Gasteiger partial charge in [-0.3, -0.25) is 4.79 Å². The number of ether oxygens (including phenoxy) is 3. The van der Waals surface area contributed by atoms with Crippen molar-refractivity contribution in [2.45, 2.75) is 151 Å². The van der Waals surface area contributed by atoms with Crippen molar-refractivity contribution in [2.75, 3.05) is 0 Å². The maximum atomic E-state index is 12.6. The Morgan fingerprint density at radius 3 is 1.02 bits per heavy atom. The Balaban J connectivity index is 1.76. The van der Waals surface area contributed by atoms with Crippen LogP contribution in [0, 0.1) is 0 Å². The summed E-state index contributed by atoms with van der Waals surface area (Å²) in [6.07, 6.45) is 0.578. The second-order valence-electron chi connectivity index (χ2n) is 19.5. The van der Waals surface area contributed by atoms with Crippen LogP contribution >= 0.6 is 0 Å². The Morgan fingerprint density at radius 2 is 0.709 bits per heavy atom. The lowest BCUT2D eigenvalue weighted by Crippen LogP contribution is -2.16. The van der Waals surface area contributed by atoms with Crippen LogP contribution in [0.25, 0.3) is 0 Å². The fourth-order valence-electron chi connectivity index (χ4n) is 6.97. The van der Waals surface area contributed by atoms with Gasteiger partial charge in [0.2, 0.25) is 0 Å². The molecule has 0 spiro atoms. The predicted octanol–water partition coefficient (Wildman–Crippen LogP) is 10.8. The highest BCUT2D eigenvalue weighted by Crippen LogP contribution is 2.41. The van der Waals surface area contributed by atoms with Crippen molar-refractivity contribution in [3.05, 3.63) is 115 Å². The molecule has 1 heterocycles. The number of carbonyl (C=O) groups excluding carboxylic acids is 1. The summed E-state index contributed by atoms with van der Waals surface area (Å²) < 4.78 is 18.7. The third-order valence-corrected chi connectivity index (χ3v) is 10.5. The number of phenols is 3. The summed E-state index contributed by atoms with van der Waals surface area (Å²) in [5.74, 6) is 0.315. The molecule has 0 unspecified atom stereocenters. The van der Waals surface area contributed by atoms with Gasteiger partial charge in [0, 0.05) is 47.6 Å². The molecule has 3 N–H and O–H groups in total. The van der Waals surface area contributed by atoms with Crippen molar-refractivity contribution in [1.82, 2.24) is 0 Å². The molecule has 1 aliphatic rings. The predicted molar refractivity (Wildman–Crippen MR) is 219 cm³/mol. The third kappa shape index (κ3) is 9.74. The average Bonchev–Trinajstić information content (AvgIpc) is 3.04. The normalized spacial score (nSPS) is 14.7. The third-order valence-electron chi connectivity index (χ3n) is 10.5. The van der Waals surface area contributed by atoms with Gasteiger partial charge in [0.05, 0.1) is 26.4 Å². The van der Waals surface area contributed by atoms with E-state index in [1.807, 2.05) is 42.5 Å². The van der Waals surface area contributed by atoms with Crippen LogP contribution in [0.2, 0.25) is 0 Å². The van der Waals surface area contributed by atoms with E-state index in [1.54, 1.807) is 0 Å². The lowest BCUT2D eigenvalue weighted by molar-refractivity contribution is -0.132. The second-order valence-corrected chi connectivity index (χ2v) is 19.5. The molecule has 0 fully saturated rings. The fraction of sp³-hybridized carbons (Fsp3) is 0.479. The number of hydrogen-bond acceptors (Lipinski definition) is 7. The van der Waals surface area contributed by atoms with Crippen LogP contribution in [0.3, 0.4) is 0 Å². The molecule has 0 saturated carbocycles. The largest absolute Gasteiger partial charge is 0.507 e. The molecule has 4 aromatic carbocycles. The molecule has 0 atom stereocenters. The number of benzene rings is 4. The Labute approximate surface area is 328 Å².